The number of aromatic nitrogens is 1. The third-order valence-corrected chi connectivity index (χ3v) is 12.6. The highest BCUT2D eigenvalue weighted by molar-refractivity contribution is 6.25. The Hall–Kier alpha value is -5.92. The normalized spacial score (nSPS) is 11.8. The Morgan fingerprint density at radius 3 is 1.23 bits per heavy atom. The quantitative estimate of drug-likeness (QED) is 0.163. The van der Waals surface area contributed by atoms with Crippen LogP contribution < -0.4 is 0 Å². The second kappa shape index (κ2) is 12.3. The Labute approximate surface area is 313 Å². The molecule has 1 aromatic heterocycles. The molecule has 53 heavy (non-hydrogen) atoms. The van der Waals surface area contributed by atoms with E-state index in [1.54, 1.807) is 0 Å². The lowest BCUT2D eigenvalue weighted by Crippen LogP contribution is -2.03. The summed E-state index contributed by atoms with van der Waals surface area (Å²) < 4.78 is 2.38. The fourth-order valence-corrected chi connectivity index (χ4v) is 9.14. The molecule has 0 saturated carbocycles. The molecule has 0 aliphatic heterocycles. The van der Waals surface area contributed by atoms with E-state index in [4.69, 9.17) is 0 Å². The monoisotopic (exact) mass is 683 g/mol. The molecule has 258 valence electrons. The van der Waals surface area contributed by atoms with Crippen molar-refractivity contribution in [3.63, 3.8) is 0 Å². The standard InChI is InChI=1S/C52H45N/c1-30-32(3)36(7)49-47(34(30)5)51(39-17-11-9-12-18-39)48-35(6)31(2)33(4)37(8)50(48)52(49)40-25-23-38(24-26-40)41-27-28-46-44(29-41)43-21-15-16-22-45(43)53(46)42-19-13-10-14-20-42/h9-29H,1-8H3. The summed E-state index contributed by atoms with van der Waals surface area (Å²) in [5, 5.41) is 8.07. The molecule has 0 aliphatic rings. The first kappa shape index (κ1) is 33.0. The van der Waals surface area contributed by atoms with Crippen LogP contribution in [0, 0.1) is 55.4 Å². The van der Waals surface area contributed by atoms with Crippen LogP contribution in [-0.2, 0) is 0 Å². The molecule has 1 heterocycles. The zero-order valence-corrected chi connectivity index (χ0v) is 32.1. The van der Waals surface area contributed by atoms with Crippen LogP contribution in [0.4, 0.5) is 0 Å². The van der Waals surface area contributed by atoms with Gasteiger partial charge in [0.15, 0.2) is 0 Å². The van der Waals surface area contributed by atoms with Gasteiger partial charge in [0.25, 0.3) is 0 Å². The van der Waals surface area contributed by atoms with Crippen molar-refractivity contribution < 1.29 is 0 Å². The minimum absolute atomic E-state index is 1.18. The molecular weight excluding hydrogens is 639 g/mol. The van der Waals surface area contributed by atoms with Gasteiger partial charge in [-0.1, -0.05) is 97.1 Å². The lowest BCUT2D eigenvalue weighted by molar-refractivity contribution is 1.18. The van der Waals surface area contributed by atoms with Crippen molar-refractivity contribution >= 4 is 43.4 Å². The van der Waals surface area contributed by atoms with Crippen LogP contribution >= 0.6 is 0 Å². The first-order chi connectivity index (χ1) is 25.7. The topological polar surface area (TPSA) is 4.93 Å². The van der Waals surface area contributed by atoms with E-state index < -0.39 is 0 Å². The molecule has 9 rings (SSSR count). The maximum Gasteiger partial charge on any atom is 0.0541 e. The van der Waals surface area contributed by atoms with Crippen molar-refractivity contribution in [3.8, 4) is 39.1 Å². The summed E-state index contributed by atoms with van der Waals surface area (Å²) in [5.41, 5.74) is 22.4. The van der Waals surface area contributed by atoms with Crippen molar-refractivity contribution in [2.75, 3.05) is 0 Å². The minimum Gasteiger partial charge on any atom is -0.309 e. The molecule has 0 N–H and O–H groups in total. The summed E-state index contributed by atoms with van der Waals surface area (Å²) in [6.45, 7) is 18.6. The van der Waals surface area contributed by atoms with E-state index in [1.807, 2.05) is 0 Å². The molecule has 0 atom stereocenters. The van der Waals surface area contributed by atoms with E-state index in [2.05, 4.69) is 187 Å². The molecular formula is C52H45N. The molecule has 9 aromatic rings. The van der Waals surface area contributed by atoms with Gasteiger partial charge in [-0.2, -0.15) is 0 Å². The van der Waals surface area contributed by atoms with Crippen LogP contribution in [0.25, 0.3) is 82.4 Å². The molecule has 0 saturated heterocycles. The van der Waals surface area contributed by atoms with Crippen LogP contribution in [0.15, 0.2) is 127 Å². The molecule has 1 nitrogen and oxygen atoms in total. The van der Waals surface area contributed by atoms with E-state index in [1.165, 1.54) is 127 Å². The van der Waals surface area contributed by atoms with Gasteiger partial charge >= 0.3 is 0 Å². The molecule has 0 bridgehead atoms. The Balaban J connectivity index is 1.32. The van der Waals surface area contributed by atoms with Gasteiger partial charge in [0.1, 0.15) is 0 Å². The van der Waals surface area contributed by atoms with Gasteiger partial charge in [0.2, 0.25) is 0 Å². The van der Waals surface area contributed by atoms with Crippen molar-refractivity contribution in [2.45, 2.75) is 55.4 Å². The number of hydrogen-bond donors (Lipinski definition) is 0. The predicted molar refractivity (Wildman–Crippen MR) is 230 cm³/mol. The summed E-state index contributed by atoms with van der Waals surface area (Å²) in [5.74, 6) is 0. The van der Waals surface area contributed by atoms with Crippen molar-refractivity contribution in [1.29, 1.82) is 0 Å². The largest absolute Gasteiger partial charge is 0.309 e. The summed E-state index contributed by atoms with van der Waals surface area (Å²) in [6.07, 6.45) is 0. The molecule has 0 aliphatic carbocycles. The second-order valence-electron chi connectivity index (χ2n) is 15.1. The van der Waals surface area contributed by atoms with Crippen molar-refractivity contribution in [2.24, 2.45) is 0 Å². The first-order valence-electron chi connectivity index (χ1n) is 18.9. The van der Waals surface area contributed by atoms with Crippen LogP contribution in [0.3, 0.4) is 0 Å². The fraction of sp³-hybridized carbons (Fsp3) is 0.154. The van der Waals surface area contributed by atoms with E-state index in [0.29, 0.717) is 0 Å². The molecule has 1 heteroatoms. The van der Waals surface area contributed by atoms with Gasteiger partial charge in [-0.25, -0.2) is 0 Å². The third kappa shape index (κ3) is 4.84. The van der Waals surface area contributed by atoms with Crippen LogP contribution in [0.5, 0.6) is 0 Å². The maximum absolute atomic E-state index is 2.38. The Bertz CT molecular complexity index is 2840. The highest BCUT2D eigenvalue weighted by atomic mass is 15.0. The smallest absolute Gasteiger partial charge is 0.0541 e. The Morgan fingerprint density at radius 1 is 0.302 bits per heavy atom. The number of hydrogen-bond acceptors (Lipinski definition) is 0. The zero-order chi connectivity index (χ0) is 36.7. The lowest BCUT2D eigenvalue weighted by atomic mass is 9.76. The molecule has 0 amide bonds. The first-order valence-corrected chi connectivity index (χ1v) is 18.9. The van der Waals surface area contributed by atoms with Gasteiger partial charge in [-0.15, -0.1) is 0 Å². The van der Waals surface area contributed by atoms with E-state index in [9.17, 15) is 0 Å². The summed E-state index contributed by atoms with van der Waals surface area (Å²) >= 11 is 0. The number of nitrogens with zero attached hydrogens (tertiary/aromatic N) is 1. The molecule has 0 spiro atoms. The van der Waals surface area contributed by atoms with E-state index in [-0.39, 0.29) is 0 Å². The summed E-state index contributed by atoms with van der Waals surface area (Å²) in [6, 6.07) is 46.9. The molecule has 0 unspecified atom stereocenters. The minimum atomic E-state index is 1.18. The number of benzene rings is 8. The van der Waals surface area contributed by atoms with E-state index in [0.717, 1.165) is 0 Å². The Morgan fingerprint density at radius 2 is 0.698 bits per heavy atom. The van der Waals surface area contributed by atoms with Crippen molar-refractivity contribution in [3.05, 3.63) is 172 Å². The average Bonchev–Trinajstić information content (AvgIpc) is 3.54. The van der Waals surface area contributed by atoms with Gasteiger partial charge < -0.3 is 4.57 Å². The molecule has 0 radical (unpaired) electrons. The highest BCUT2D eigenvalue weighted by Gasteiger charge is 2.25. The van der Waals surface area contributed by atoms with Gasteiger partial charge in [-0.05, 0) is 185 Å². The Kier molecular flexibility index (Phi) is 7.68. The van der Waals surface area contributed by atoms with Crippen LogP contribution in [-0.4, -0.2) is 4.57 Å². The van der Waals surface area contributed by atoms with Gasteiger partial charge in [0.05, 0.1) is 11.0 Å². The second-order valence-corrected chi connectivity index (χ2v) is 15.1. The SMILES string of the molecule is Cc1c(C)c(C)c2c(-c3ccc(-c4ccc5c(c4)c4ccccc4n5-c4ccccc4)cc3)c3c(C)c(C)c(C)c(C)c3c(-c3ccccc3)c2c1C. The third-order valence-electron chi connectivity index (χ3n) is 12.6. The number of aryl methyl sites for hydroxylation is 4. The van der Waals surface area contributed by atoms with Gasteiger partial charge in [-0.3, -0.25) is 0 Å². The van der Waals surface area contributed by atoms with Crippen LogP contribution in [0.1, 0.15) is 44.5 Å². The highest BCUT2D eigenvalue weighted by Crippen LogP contribution is 2.50. The van der Waals surface area contributed by atoms with Crippen LogP contribution in [0.2, 0.25) is 0 Å². The van der Waals surface area contributed by atoms with Crippen molar-refractivity contribution in [1.82, 2.24) is 4.57 Å². The van der Waals surface area contributed by atoms with Gasteiger partial charge in [0, 0.05) is 16.5 Å². The fourth-order valence-electron chi connectivity index (χ4n) is 9.14. The predicted octanol–water partition coefficient (Wildman–Crippen LogP) is 14.6. The number of para-hydroxylation sites is 2. The number of rotatable bonds is 4. The van der Waals surface area contributed by atoms with E-state index >= 15 is 0 Å². The molecule has 0 fully saturated rings. The summed E-state index contributed by atoms with van der Waals surface area (Å²) in [7, 11) is 0. The number of fused-ring (bicyclic) bond motifs is 5. The zero-order valence-electron chi connectivity index (χ0n) is 32.1. The average molecular weight is 684 g/mol. The maximum atomic E-state index is 2.38. The lowest BCUT2D eigenvalue weighted by Gasteiger charge is -2.27. The summed E-state index contributed by atoms with van der Waals surface area (Å²) in [4.78, 5) is 0. The molecule has 8 aromatic carbocycles.